The van der Waals surface area contributed by atoms with Gasteiger partial charge in [-0.05, 0) is 37.5 Å². The molecule has 0 aliphatic heterocycles. The number of nitrogens with zero attached hydrogens (tertiary/aromatic N) is 2. The number of carbonyl (C=O) groups excluding carboxylic acids is 1. The van der Waals surface area contributed by atoms with Crippen molar-refractivity contribution in [2.45, 2.75) is 62.0 Å². The second kappa shape index (κ2) is 9.07. The highest BCUT2D eigenvalue weighted by Gasteiger charge is 2.23. The molecule has 1 aliphatic rings. The van der Waals surface area contributed by atoms with Crippen LogP contribution in [0.25, 0.3) is 0 Å². The lowest BCUT2D eigenvalue weighted by Crippen LogP contribution is -2.30. The molecule has 2 aromatic rings. The molecular formula is C19H25N3O3S. The lowest BCUT2D eigenvalue weighted by atomic mass is 9.89. The molecule has 1 aromatic heterocycles. The van der Waals surface area contributed by atoms with E-state index in [0.29, 0.717) is 17.7 Å². The van der Waals surface area contributed by atoms with Gasteiger partial charge in [0, 0.05) is 12.5 Å². The summed E-state index contributed by atoms with van der Waals surface area (Å²) < 4.78 is 10.9. The van der Waals surface area contributed by atoms with Crippen molar-refractivity contribution in [2.75, 3.05) is 7.11 Å². The highest BCUT2D eigenvalue weighted by Crippen LogP contribution is 2.33. The van der Waals surface area contributed by atoms with Gasteiger partial charge in [0.15, 0.2) is 0 Å². The Morgan fingerprint density at radius 1 is 1.27 bits per heavy atom. The maximum absolute atomic E-state index is 12.3. The zero-order valence-electron chi connectivity index (χ0n) is 15.2. The van der Waals surface area contributed by atoms with E-state index >= 15 is 0 Å². The zero-order chi connectivity index (χ0) is 18.4. The first-order chi connectivity index (χ1) is 12.7. The molecule has 1 atom stereocenters. The molecule has 0 saturated heterocycles. The lowest BCUT2D eigenvalue weighted by Gasteiger charge is -2.17. The second-order valence-corrected chi connectivity index (χ2v) is 7.86. The fraction of sp³-hybridized carbons (Fsp3) is 0.526. The summed E-state index contributed by atoms with van der Waals surface area (Å²) in [5, 5.41) is 11.4. The van der Waals surface area contributed by atoms with Crippen LogP contribution in [0.3, 0.4) is 0 Å². The Hall–Kier alpha value is -2.02. The van der Waals surface area contributed by atoms with Crippen LogP contribution in [-0.4, -0.2) is 28.5 Å². The zero-order valence-corrected chi connectivity index (χ0v) is 16.1. The van der Waals surface area contributed by atoms with E-state index in [2.05, 4.69) is 15.5 Å². The SMILES string of the molecule is COc1ccc(CNC(=O)[C@@H](C)Sc2nnc(C3CCCCC3)o2)cc1. The fourth-order valence-electron chi connectivity index (χ4n) is 3.06. The number of hydrogen-bond acceptors (Lipinski definition) is 6. The molecule has 1 heterocycles. The van der Waals surface area contributed by atoms with Crippen LogP contribution in [0.4, 0.5) is 0 Å². The van der Waals surface area contributed by atoms with Crippen molar-refractivity contribution in [3.63, 3.8) is 0 Å². The summed E-state index contributed by atoms with van der Waals surface area (Å²) in [5.74, 6) is 1.85. The van der Waals surface area contributed by atoms with Gasteiger partial charge in [-0.2, -0.15) is 0 Å². The van der Waals surface area contributed by atoms with Crippen molar-refractivity contribution in [1.82, 2.24) is 15.5 Å². The molecule has 0 spiro atoms. The van der Waals surface area contributed by atoms with E-state index in [0.717, 1.165) is 30.0 Å². The largest absolute Gasteiger partial charge is 0.497 e. The Bertz CT molecular complexity index is 711. The highest BCUT2D eigenvalue weighted by molar-refractivity contribution is 8.00. The Balaban J connectivity index is 1.48. The minimum Gasteiger partial charge on any atom is -0.497 e. The Labute approximate surface area is 158 Å². The summed E-state index contributed by atoms with van der Waals surface area (Å²) in [6, 6.07) is 7.63. The van der Waals surface area contributed by atoms with Crippen LogP contribution >= 0.6 is 11.8 Å². The number of amides is 1. The van der Waals surface area contributed by atoms with E-state index < -0.39 is 0 Å². The maximum atomic E-state index is 12.3. The molecule has 1 saturated carbocycles. The van der Waals surface area contributed by atoms with Crippen LogP contribution < -0.4 is 10.1 Å². The van der Waals surface area contributed by atoms with Gasteiger partial charge in [0.05, 0.1) is 12.4 Å². The summed E-state index contributed by atoms with van der Waals surface area (Å²) in [5.41, 5.74) is 1.02. The number of thioether (sulfide) groups is 1. The van der Waals surface area contributed by atoms with Gasteiger partial charge in [-0.3, -0.25) is 4.79 Å². The van der Waals surface area contributed by atoms with Gasteiger partial charge in [-0.1, -0.05) is 43.2 Å². The van der Waals surface area contributed by atoms with Crippen LogP contribution in [0.2, 0.25) is 0 Å². The van der Waals surface area contributed by atoms with Gasteiger partial charge in [0.25, 0.3) is 5.22 Å². The molecule has 7 heteroatoms. The van der Waals surface area contributed by atoms with Crippen molar-refractivity contribution >= 4 is 17.7 Å². The first-order valence-corrected chi connectivity index (χ1v) is 9.94. The topological polar surface area (TPSA) is 77.2 Å². The van der Waals surface area contributed by atoms with Gasteiger partial charge in [0.2, 0.25) is 11.8 Å². The summed E-state index contributed by atoms with van der Waals surface area (Å²) in [6.07, 6.45) is 5.96. The van der Waals surface area contributed by atoms with E-state index in [1.54, 1.807) is 7.11 Å². The molecule has 1 aromatic carbocycles. The molecule has 0 radical (unpaired) electrons. The van der Waals surface area contributed by atoms with E-state index in [1.165, 1.54) is 31.0 Å². The van der Waals surface area contributed by atoms with Crippen molar-refractivity contribution in [2.24, 2.45) is 0 Å². The molecule has 140 valence electrons. The average Bonchev–Trinajstić information content (AvgIpc) is 3.15. The van der Waals surface area contributed by atoms with Crippen LogP contribution in [0.15, 0.2) is 33.9 Å². The predicted octanol–water partition coefficient (Wildman–Crippen LogP) is 3.92. The van der Waals surface area contributed by atoms with Gasteiger partial charge in [-0.25, -0.2) is 0 Å². The third kappa shape index (κ3) is 5.00. The Kier molecular flexibility index (Phi) is 6.55. The molecular weight excluding hydrogens is 350 g/mol. The van der Waals surface area contributed by atoms with Crippen LogP contribution in [-0.2, 0) is 11.3 Å². The van der Waals surface area contributed by atoms with Crippen LogP contribution in [0.5, 0.6) is 5.75 Å². The lowest BCUT2D eigenvalue weighted by molar-refractivity contribution is -0.120. The van der Waals surface area contributed by atoms with Crippen molar-refractivity contribution in [3.05, 3.63) is 35.7 Å². The number of benzene rings is 1. The minimum atomic E-state index is -0.298. The standard InChI is InChI=1S/C19H25N3O3S/c1-13(17(23)20-12-14-8-10-16(24-2)11-9-14)26-19-22-21-18(25-19)15-6-4-3-5-7-15/h8-11,13,15H,3-7,12H2,1-2H3,(H,20,23)/t13-/m1/s1. The fourth-order valence-corrected chi connectivity index (χ4v) is 3.78. The van der Waals surface area contributed by atoms with E-state index in [9.17, 15) is 4.79 Å². The molecule has 1 fully saturated rings. The van der Waals surface area contributed by atoms with Crippen LogP contribution in [0.1, 0.15) is 56.4 Å². The minimum absolute atomic E-state index is 0.0526. The van der Waals surface area contributed by atoms with Crippen molar-refractivity contribution in [3.8, 4) is 5.75 Å². The normalized spacial score (nSPS) is 16.2. The molecule has 26 heavy (non-hydrogen) atoms. The predicted molar refractivity (Wildman–Crippen MR) is 100 cm³/mol. The average molecular weight is 375 g/mol. The Morgan fingerprint density at radius 3 is 2.69 bits per heavy atom. The third-order valence-corrected chi connectivity index (χ3v) is 5.58. The van der Waals surface area contributed by atoms with E-state index in [4.69, 9.17) is 9.15 Å². The first-order valence-electron chi connectivity index (χ1n) is 9.06. The van der Waals surface area contributed by atoms with Gasteiger partial charge in [0.1, 0.15) is 5.75 Å². The smallest absolute Gasteiger partial charge is 0.277 e. The number of aromatic nitrogens is 2. The molecule has 0 unspecified atom stereocenters. The molecule has 3 rings (SSSR count). The van der Waals surface area contributed by atoms with Crippen molar-refractivity contribution in [1.29, 1.82) is 0 Å². The Morgan fingerprint density at radius 2 is 2.00 bits per heavy atom. The molecule has 1 amide bonds. The first kappa shape index (κ1) is 18.8. The molecule has 6 nitrogen and oxygen atoms in total. The molecule has 1 aliphatic carbocycles. The number of methoxy groups -OCH3 is 1. The number of carbonyl (C=O) groups is 1. The quantitative estimate of drug-likeness (QED) is 0.739. The van der Waals surface area contributed by atoms with E-state index in [1.807, 2.05) is 31.2 Å². The number of nitrogens with one attached hydrogen (secondary N) is 1. The van der Waals surface area contributed by atoms with Gasteiger partial charge in [-0.15, -0.1) is 10.2 Å². The summed E-state index contributed by atoms with van der Waals surface area (Å²) in [7, 11) is 1.63. The molecule has 0 bridgehead atoms. The van der Waals surface area contributed by atoms with Crippen LogP contribution in [0, 0.1) is 0 Å². The highest BCUT2D eigenvalue weighted by atomic mass is 32.2. The third-order valence-electron chi connectivity index (χ3n) is 4.65. The number of rotatable bonds is 7. The monoisotopic (exact) mass is 375 g/mol. The van der Waals surface area contributed by atoms with Gasteiger partial charge >= 0.3 is 0 Å². The number of ether oxygens (including phenoxy) is 1. The summed E-state index contributed by atoms with van der Waals surface area (Å²) >= 11 is 1.31. The number of hydrogen-bond donors (Lipinski definition) is 1. The summed E-state index contributed by atoms with van der Waals surface area (Å²) in [6.45, 7) is 2.32. The van der Waals surface area contributed by atoms with Crippen molar-refractivity contribution < 1.29 is 13.9 Å². The molecule has 1 N–H and O–H groups in total. The second-order valence-electron chi connectivity index (χ2n) is 6.57. The maximum Gasteiger partial charge on any atom is 0.277 e. The summed E-state index contributed by atoms with van der Waals surface area (Å²) in [4.78, 5) is 12.3. The van der Waals surface area contributed by atoms with Gasteiger partial charge < -0.3 is 14.5 Å². The van der Waals surface area contributed by atoms with E-state index in [-0.39, 0.29) is 11.2 Å².